The second kappa shape index (κ2) is 7.36. The van der Waals surface area contributed by atoms with Crippen molar-refractivity contribution in [3.05, 3.63) is 76.9 Å². The van der Waals surface area contributed by atoms with Crippen molar-refractivity contribution >= 4 is 17.8 Å². The van der Waals surface area contributed by atoms with E-state index in [1.165, 1.54) is 0 Å². The minimum Gasteiger partial charge on any atom is -0.462 e. The average molecular weight is 294 g/mol. The van der Waals surface area contributed by atoms with Crippen LogP contribution < -0.4 is 0 Å². The molecule has 0 bridgehead atoms. The number of rotatable bonds is 5. The minimum atomic E-state index is -0.600. The molecule has 0 aliphatic carbocycles. The first-order valence-corrected chi connectivity index (χ1v) is 7.17. The zero-order chi connectivity index (χ0) is 15.9. The molecule has 0 aromatic heterocycles. The van der Waals surface area contributed by atoms with Crippen LogP contribution in [0.3, 0.4) is 0 Å². The van der Waals surface area contributed by atoms with Gasteiger partial charge in [-0.2, -0.15) is 0 Å². The maximum atomic E-state index is 12.6. The van der Waals surface area contributed by atoms with E-state index in [0.717, 1.165) is 11.1 Å². The summed E-state index contributed by atoms with van der Waals surface area (Å²) in [4.78, 5) is 24.7. The number of esters is 1. The van der Waals surface area contributed by atoms with Gasteiger partial charge in [-0.3, -0.25) is 4.79 Å². The SMILES string of the molecule is CCOC(=O)C(=Cc1ccccc1)C(=O)c1ccc(C)cc1. The fraction of sp³-hybridized carbons (Fsp3) is 0.158. The number of Topliss-reactive ketones (excluding diaryl/α,β-unsaturated/α-hetero) is 1. The van der Waals surface area contributed by atoms with Crippen molar-refractivity contribution in [2.24, 2.45) is 0 Å². The highest BCUT2D eigenvalue weighted by atomic mass is 16.5. The molecule has 0 fully saturated rings. The standard InChI is InChI=1S/C19H18O3/c1-3-22-19(21)17(13-15-7-5-4-6-8-15)18(20)16-11-9-14(2)10-12-16/h4-13H,3H2,1-2H3. The predicted octanol–water partition coefficient (Wildman–Crippen LogP) is 3.82. The van der Waals surface area contributed by atoms with Gasteiger partial charge in [0, 0.05) is 5.56 Å². The lowest BCUT2D eigenvalue weighted by Crippen LogP contribution is -2.16. The molecule has 2 aromatic carbocycles. The molecule has 3 nitrogen and oxygen atoms in total. The molecule has 0 aliphatic rings. The molecule has 0 atom stereocenters. The molecule has 0 aliphatic heterocycles. The Labute approximate surface area is 130 Å². The quantitative estimate of drug-likeness (QED) is 0.277. The molecule has 0 heterocycles. The van der Waals surface area contributed by atoms with Gasteiger partial charge < -0.3 is 4.74 Å². The number of carbonyl (C=O) groups is 2. The van der Waals surface area contributed by atoms with Gasteiger partial charge in [-0.05, 0) is 25.5 Å². The van der Waals surface area contributed by atoms with Crippen LogP contribution in [0.25, 0.3) is 6.08 Å². The van der Waals surface area contributed by atoms with Gasteiger partial charge in [0.2, 0.25) is 0 Å². The fourth-order valence-electron chi connectivity index (χ4n) is 2.00. The molecule has 0 N–H and O–H groups in total. The Morgan fingerprint density at radius 1 is 1.00 bits per heavy atom. The first-order chi connectivity index (χ1) is 10.6. The highest BCUT2D eigenvalue weighted by Crippen LogP contribution is 2.15. The normalized spacial score (nSPS) is 11.1. The third-order valence-electron chi connectivity index (χ3n) is 3.16. The number of hydrogen-bond donors (Lipinski definition) is 0. The molecule has 0 spiro atoms. The topological polar surface area (TPSA) is 43.4 Å². The van der Waals surface area contributed by atoms with Crippen molar-refractivity contribution in [1.82, 2.24) is 0 Å². The van der Waals surface area contributed by atoms with E-state index in [2.05, 4.69) is 0 Å². The van der Waals surface area contributed by atoms with Gasteiger partial charge in [0.15, 0.2) is 5.78 Å². The van der Waals surface area contributed by atoms with E-state index in [0.29, 0.717) is 5.56 Å². The first-order valence-electron chi connectivity index (χ1n) is 7.17. The summed E-state index contributed by atoms with van der Waals surface area (Å²) in [5.41, 5.74) is 2.35. The van der Waals surface area contributed by atoms with E-state index >= 15 is 0 Å². The maximum Gasteiger partial charge on any atom is 0.342 e. The summed E-state index contributed by atoms with van der Waals surface area (Å²) in [6.07, 6.45) is 1.57. The third kappa shape index (κ3) is 3.92. The molecule has 112 valence electrons. The van der Waals surface area contributed by atoms with E-state index in [1.54, 1.807) is 25.1 Å². The molecule has 2 rings (SSSR count). The van der Waals surface area contributed by atoms with Gasteiger partial charge >= 0.3 is 5.97 Å². The minimum absolute atomic E-state index is 0.0388. The summed E-state index contributed by atoms with van der Waals surface area (Å²) >= 11 is 0. The van der Waals surface area contributed by atoms with Crippen molar-refractivity contribution in [2.45, 2.75) is 13.8 Å². The largest absolute Gasteiger partial charge is 0.462 e. The molecule has 2 aromatic rings. The van der Waals surface area contributed by atoms with Crippen LogP contribution >= 0.6 is 0 Å². The van der Waals surface area contributed by atoms with E-state index in [9.17, 15) is 9.59 Å². The highest BCUT2D eigenvalue weighted by molar-refractivity contribution is 6.26. The van der Waals surface area contributed by atoms with Crippen LogP contribution in [0.1, 0.15) is 28.4 Å². The van der Waals surface area contributed by atoms with Crippen molar-refractivity contribution in [3.8, 4) is 0 Å². The number of benzene rings is 2. The lowest BCUT2D eigenvalue weighted by atomic mass is 10.00. The van der Waals surface area contributed by atoms with Gasteiger partial charge in [0.25, 0.3) is 0 Å². The number of aryl methyl sites for hydroxylation is 1. The summed E-state index contributed by atoms with van der Waals surface area (Å²) in [7, 11) is 0. The Balaban J connectivity index is 2.40. The Hall–Kier alpha value is -2.68. The molecular weight excluding hydrogens is 276 g/mol. The molecule has 3 heteroatoms. The van der Waals surface area contributed by atoms with Crippen molar-refractivity contribution in [3.63, 3.8) is 0 Å². The lowest BCUT2D eigenvalue weighted by Gasteiger charge is -2.07. The molecule has 22 heavy (non-hydrogen) atoms. The average Bonchev–Trinajstić information content (AvgIpc) is 2.54. The summed E-state index contributed by atoms with van der Waals surface area (Å²) < 4.78 is 5.01. The number of hydrogen-bond acceptors (Lipinski definition) is 3. The maximum absolute atomic E-state index is 12.6. The van der Waals surface area contributed by atoms with Gasteiger partial charge in [-0.1, -0.05) is 60.2 Å². The van der Waals surface area contributed by atoms with Gasteiger partial charge in [-0.25, -0.2) is 4.79 Å². The zero-order valence-corrected chi connectivity index (χ0v) is 12.7. The molecule has 0 amide bonds. The van der Waals surface area contributed by atoms with Crippen LogP contribution in [-0.2, 0) is 9.53 Å². The second-order valence-electron chi connectivity index (χ2n) is 4.88. The lowest BCUT2D eigenvalue weighted by molar-refractivity contribution is -0.137. The van der Waals surface area contributed by atoms with Crippen LogP contribution in [0.4, 0.5) is 0 Å². The third-order valence-corrected chi connectivity index (χ3v) is 3.16. The van der Waals surface area contributed by atoms with Crippen molar-refractivity contribution in [2.75, 3.05) is 6.61 Å². The number of ketones is 1. The van der Waals surface area contributed by atoms with Crippen LogP contribution in [0.15, 0.2) is 60.2 Å². The molecule has 0 unspecified atom stereocenters. The highest BCUT2D eigenvalue weighted by Gasteiger charge is 2.21. The van der Waals surface area contributed by atoms with E-state index < -0.39 is 5.97 Å². The van der Waals surface area contributed by atoms with Gasteiger partial charge in [0.05, 0.1) is 6.61 Å². The molecule has 0 saturated carbocycles. The summed E-state index contributed by atoms with van der Waals surface area (Å²) in [6.45, 7) is 3.89. The Bertz CT molecular complexity index is 682. The van der Waals surface area contributed by atoms with Gasteiger partial charge in [0.1, 0.15) is 5.57 Å². The van der Waals surface area contributed by atoms with Crippen LogP contribution in [0.5, 0.6) is 0 Å². The van der Waals surface area contributed by atoms with Crippen LogP contribution in [0.2, 0.25) is 0 Å². The first kappa shape index (κ1) is 15.7. The zero-order valence-electron chi connectivity index (χ0n) is 12.7. The number of carbonyl (C=O) groups excluding carboxylic acids is 2. The summed E-state index contributed by atoms with van der Waals surface area (Å²) in [5, 5.41) is 0. The smallest absolute Gasteiger partial charge is 0.342 e. The van der Waals surface area contributed by atoms with Crippen molar-refractivity contribution in [1.29, 1.82) is 0 Å². The van der Waals surface area contributed by atoms with Crippen LogP contribution in [0, 0.1) is 6.92 Å². The monoisotopic (exact) mass is 294 g/mol. The Kier molecular flexibility index (Phi) is 5.26. The van der Waals surface area contributed by atoms with Crippen molar-refractivity contribution < 1.29 is 14.3 Å². The molecule has 0 saturated heterocycles. The number of ether oxygens (including phenoxy) is 1. The van der Waals surface area contributed by atoms with E-state index in [-0.39, 0.29) is 18.0 Å². The second-order valence-corrected chi connectivity index (χ2v) is 4.88. The molecule has 0 radical (unpaired) electrons. The fourth-order valence-corrected chi connectivity index (χ4v) is 2.00. The van der Waals surface area contributed by atoms with Crippen LogP contribution in [-0.4, -0.2) is 18.4 Å². The van der Waals surface area contributed by atoms with Gasteiger partial charge in [-0.15, -0.1) is 0 Å². The summed E-state index contributed by atoms with van der Waals surface area (Å²) in [5.74, 6) is -0.931. The summed E-state index contributed by atoms with van der Waals surface area (Å²) in [6, 6.07) is 16.4. The molecular formula is C19H18O3. The Morgan fingerprint density at radius 2 is 1.64 bits per heavy atom. The van der Waals surface area contributed by atoms with E-state index in [1.807, 2.05) is 49.4 Å². The van der Waals surface area contributed by atoms with E-state index in [4.69, 9.17) is 4.74 Å². The predicted molar refractivity (Wildman–Crippen MR) is 86.6 cm³/mol. The Morgan fingerprint density at radius 3 is 2.23 bits per heavy atom.